The number of aromatic hydroxyl groups is 1. The van der Waals surface area contributed by atoms with Crippen LogP contribution in [-0.4, -0.2) is 18.2 Å². The summed E-state index contributed by atoms with van der Waals surface area (Å²) >= 11 is 0. The molecular formula is C17H18O3. The second-order valence-electron chi connectivity index (χ2n) is 5.18. The number of phenolic OH excluding ortho intramolecular Hbond substituents is 1. The van der Waals surface area contributed by atoms with Crippen LogP contribution in [0.5, 0.6) is 5.75 Å². The zero-order valence-corrected chi connectivity index (χ0v) is 11.9. The van der Waals surface area contributed by atoms with Gasteiger partial charge in [0.2, 0.25) is 0 Å². The first-order valence-corrected chi connectivity index (χ1v) is 6.44. The standard InChI is InChI=1S/C17H18O3/c1-17(2,12-8-5-4-6-9-12)14-11-7-10-13(15(14)18)16(19)20-3/h4-11,18H,1-3H3. The Hall–Kier alpha value is -2.29. The maximum atomic E-state index is 11.7. The highest BCUT2D eigenvalue weighted by atomic mass is 16.5. The predicted molar refractivity (Wildman–Crippen MR) is 78.0 cm³/mol. The molecule has 20 heavy (non-hydrogen) atoms. The third kappa shape index (κ3) is 2.39. The molecular weight excluding hydrogens is 252 g/mol. The lowest BCUT2D eigenvalue weighted by atomic mass is 9.77. The van der Waals surface area contributed by atoms with Gasteiger partial charge in [-0.15, -0.1) is 0 Å². The monoisotopic (exact) mass is 270 g/mol. The second-order valence-corrected chi connectivity index (χ2v) is 5.18. The molecule has 3 heteroatoms. The van der Waals surface area contributed by atoms with Gasteiger partial charge in [0.15, 0.2) is 0 Å². The minimum atomic E-state index is -0.534. The number of hydrogen-bond acceptors (Lipinski definition) is 3. The first kappa shape index (κ1) is 14.1. The van der Waals surface area contributed by atoms with Crippen molar-refractivity contribution < 1.29 is 14.6 Å². The summed E-state index contributed by atoms with van der Waals surface area (Å²) < 4.78 is 4.69. The first-order chi connectivity index (χ1) is 9.48. The number of methoxy groups -OCH3 is 1. The van der Waals surface area contributed by atoms with E-state index in [4.69, 9.17) is 4.74 Å². The van der Waals surface area contributed by atoms with Crippen molar-refractivity contribution in [3.63, 3.8) is 0 Å². The number of para-hydroxylation sites is 1. The SMILES string of the molecule is COC(=O)c1cccc(C(C)(C)c2ccccc2)c1O. The molecule has 0 heterocycles. The summed E-state index contributed by atoms with van der Waals surface area (Å²) in [4.78, 5) is 11.7. The lowest BCUT2D eigenvalue weighted by Gasteiger charge is -2.27. The molecule has 0 aromatic heterocycles. The number of rotatable bonds is 3. The number of ether oxygens (including phenoxy) is 1. The lowest BCUT2D eigenvalue weighted by Crippen LogP contribution is -2.20. The average molecular weight is 270 g/mol. The van der Waals surface area contributed by atoms with E-state index in [1.807, 2.05) is 50.2 Å². The van der Waals surface area contributed by atoms with Gasteiger partial charge in [-0.05, 0) is 11.6 Å². The fourth-order valence-corrected chi connectivity index (χ4v) is 2.33. The third-order valence-electron chi connectivity index (χ3n) is 3.61. The van der Waals surface area contributed by atoms with Crippen molar-refractivity contribution in [1.82, 2.24) is 0 Å². The summed E-state index contributed by atoms with van der Waals surface area (Å²) in [6.45, 7) is 4.02. The van der Waals surface area contributed by atoms with Gasteiger partial charge in [-0.1, -0.05) is 56.3 Å². The van der Waals surface area contributed by atoms with E-state index in [1.54, 1.807) is 12.1 Å². The van der Waals surface area contributed by atoms with E-state index in [-0.39, 0.29) is 11.3 Å². The van der Waals surface area contributed by atoms with E-state index in [0.29, 0.717) is 5.56 Å². The first-order valence-electron chi connectivity index (χ1n) is 6.44. The topological polar surface area (TPSA) is 46.5 Å². The zero-order valence-electron chi connectivity index (χ0n) is 11.9. The van der Waals surface area contributed by atoms with Crippen molar-refractivity contribution in [2.24, 2.45) is 0 Å². The predicted octanol–water partition coefficient (Wildman–Crippen LogP) is 3.50. The number of phenols is 1. The lowest BCUT2D eigenvalue weighted by molar-refractivity contribution is 0.0597. The van der Waals surface area contributed by atoms with Crippen LogP contribution in [0.15, 0.2) is 48.5 Å². The van der Waals surface area contributed by atoms with Gasteiger partial charge in [-0.2, -0.15) is 0 Å². The van der Waals surface area contributed by atoms with Crippen LogP contribution in [0.1, 0.15) is 35.3 Å². The second kappa shape index (κ2) is 5.37. The molecule has 2 rings (SSSR count). The molecule has 0 saturated heterocycles. The van der Waals surface area contributed by atoms with Crippen LogP contribution in [0.4, 0.5) is 0 Å². The molecule has 0 spiro atoms. The summed E-state index contributed by atoms with van der Waals surface area (Å²) in [5.74, 6) is -0.554. The summed E-state index contributed by atoms with van der Waals surface area (Å²) in [6.07, 6.45) is 0. The van der Waals surface area contributed by atoms with E-state index in [1.165, 1.54) is 7.11 Å². The van der Waals surface area contributed by atoms with E-state index >= 15 is 0 Å². The van der Waals surface area contributed by atoms with Gasteiger partial charge in [-0.25, -0.2) is 4.79 Å². The van der Waals surface area contributed by atoms with Crippen molar-refractivity contribution >= 4 is 5.97 Å². The van der Waals surface area contributed by atoms with Crippen LogP contribution >= 0.6 is 0 Å². The largest absolute Gasteiger partial charge is 0.507 e. The van der Waals surface area contributed by atoms with E-state index in [2.05, 4.69) is 0 Å². The highest BCUT2D eigenvalue weighted by Gasteiger charge is 2.28. The molecule has 104 valence electrons. The van der Waals surface area contributed by atoms with Crippen molar-refractivity contribution in [2.45, 2.75) is 19.3 Å². The minimum absolute atomic E-state index is 0.0202. The number of carbonyl (C=O) groups is 1. The Morgan fingerprint density at radius 2 is 1.70 bits per heavy atom. The summed E-state index contributed by atoms with van der Waals surface area (Å²) in [7, 11) is 1.30. The fourth-order valence-electron chi connectivity index (χ4n) is 2.33. The van der Waals surface area contributed by atoms with E-state index in [0.717, 1.165) is 5.56 Å². The molecule has 0 aliphatic carbocycles. The number of hydrogen-bond donors (Lipinski definition) is 1. The Morgan fingerprint density at radius 1 is 1.05 bits per heavy atom. The van der Waals surface area contributed by atoms with Gasteiger partial charge in [0.05, 0.1) is 7.11 Å². The summed E-state index contributed by atoms with van der Waals surface area (Å²) in [5.41, 5.74) is 1.55. The minimum Gasteiger partial charge on any atom is -0.507 e. The van der Waals surface area contributed by atoms with Crippen LogP contribution in [0.3, 0.4) is 0 Å². The molecule has 1 N–H and O–H groups in total. The van der Waals surface area contributed by atoms with Crippen molar-refractivity contribution in [2.75, 3.05) is 7.11 Å². The third-order valence-corrected chi connectivity index (χ3v) is 3.61. The van der Waals surface area contributed by atoms with Gasteiger partial charge in [0, 0.05) is 11.0 Å². The fraction of sp³-hybridized carbons (Fsp3) is 0.235. The number of esters is 1. The zero-order chi connectivity index (χ0) is 14.8. The van der Waals surface area contributed by atoms with Crippen molar-refractivity contribution in [3.8, 4) is 5.75 Å². The molecule has 0 fully saturated rings. The van der Waals surface area contributed by atoms with Gasteiger partial charge in [-0.3, -0.25) is 0 Å². The van der Waals surface area contributed by atoms with E-state index < -0.39 is 11.4 Å². The maximum Gasteiger partial charge on any atom is 0.341 e. The molecule has 2 aromatic carbocycles. The van der Waals surface area contributed by atoms with Crippen LogP contribution in [0.25, 0.3) is 0 Å². The Labute approximate surface area is 118 Å². The quantitative estimate of drug-likeness (QED) is 0.868. The van der Waals surface area contributed by atoms with Crippen LogP contribution in [0, 0.1) is 0 Å². The highest BCUT2D eigenvalue weighted by molar-refractivity contribution is 5.93. The Bertz CT molecular complexity index is 615. The van der Waals surface area contributed by atoms with Crippen LogP contribution in [-0.2, 0) is 10.2 Å². The molecule has 0 amide bonds. The van der Waals surface area contributed by atoms with E-state index in [9.17, 15) is 9.90 Å². The Kier molecular flexibility index (Phi) is 3.79. The molecule has 0 unspecified atom stereocenters. The molecule has 0 aliphatic rings. The molecule has 0 radical (unpaired) electrons. The van der Waals surface area contributed by atoms with Gasteiger partial charge < -0.3 is 9.84 Å². The Morgan fingerprint density at radius 3 is 2.30 bits per heavy atom. The van der Waals surface area contributed by atoms with Crippen molar-refractivity contribution in [3.05, 3.63) is 65.2 Å². The Balaban J connectivity index is 2.56. The molecule has 0 saturated carbocycles. The summed E-state index contributed by atoms with van der Waals surface area (Å²) in [5, 5.41) is 10.4. The smallest absolute Gasteiger partial charge is 0.341 e. The van der Waals surface area contributed by atoms with Crippen LogP contribution in [0.2, 0.25) is 0 Å². The van der Waals surface area contributed by atoms with Crippen LogP contribution < -0.4 is 0 Å². The highest BCUT2D eigenvalue weighted by Crippen LogP contribution is 2.38. The number of carbonyl (C=O) groups excluding carboxylic acids is 1. The molecule has 0 aliphatic heterocycles. The van der Waals surface area contributed by atoms with Gasteiger partial charge in [0.1, 0.15) is 11.3 Å². The molecule has 3 nitrogen and oxygen atoms in total. The average Bonchev–Trinajstić information content (AvgIpc) is 2.47. The molecule has 0 atom stereocenters. The van der Waals surface area contributed by atoms with Crippen molar-refractivity contribution in [1.29, 1.82) is 0 Å². The van der Waals surface area contributed by atoms with Gasteiger partial charge in [0.25, 0.3) is 0 Å². The maximum absolute atomic E-state index is 11.7. The molecule has 0 bridgehead atoms. The summed E-state index contributed by atoms with van der Waals surface area (Å²) in [6, 6.07) is 15.0. The number of benzene rings is 2. The molecule has 2 aromatic rings. The normalized spacial score (nSPS) is 11.2. The van der Waals surface area contributed by atoms with Gasteiger partial charge >= 0.3 is 5.97 Å².